The van der Waals surface area contributed by atoms with Crippen LogP contribution < -0.4 is 9.47 Å². The van der Waals surface area contributed by atoms with Gasteiger partial charge in [-0.15, -0.1) is 0 Å². The zero-order chi connectivity index (χ0) is 17.5. The number of methoxy groups -OCH3 is 1. The zero-order valence-electron chi connectivity index (χ0n) is 13.2. The number of hydrogen-bond donors (Lipinski definition) is 0. The molecule has 0 aromatic heterocycles. The minimum absolute atomic E-state index is 0.0264. The van der Waals surface area contributed by atoms with E-state index >= 15 is 0 Å². The molecule has 0 aliphatic carbocycles. The van der Waals surface area contributed by atoms with E-state index in [9.17, 15) is 4.79 Å². The Morgan fingerprint density at radius 1 is 1.04 bits per heavy atom. The average Bonchev–Trinajstić information content (AvgIpc) is 2.61. The quantitative estimate of drug-likeness (QED) is 0.488. The number of nitrogens with zero attached hydrogens (tertiary/aromatic N) is 2. The van der Waals surface area contributed by atoms with Gasteiger partial charge in [0.1, 0.15) is 17.7 Å². The lowest BCUT2D eigenvalue weighted by atomic mass is 10.1. The molecule has 0 atom stereocenters. The van der Waals surface area contributed by atoms with Crippen LogP contribution in [0.1, 0.15) is 21.5 Å². The number of hydrogen-bond acceptors (Lipinski definition) is 5. The summed E-state index contributed by atoms with van der Waals surface area (Å²) in [6.45, 7) is 1.93. The molecule has 0 spiro atoms. The van der Waals surface area contributed by atoms with Gasteiger partial charge in [0.25, 0.3) is 0 Å². The van der Waals surface area contributed by atoms with Gasteiger partial charge in [-0.25, -0.2) is 4.79 Å². The third kappa shape index (κ3) is 4.00. The van der Waals surface area contributed by atoms with Gasteiger partial charge in [0.2, 0.25) is 0 Å². The molecular formula is C19H14N2O3. The molecule has 2 rings (SSSR count). The van der Waals surface area contributed by atoms with Gasteiger partial charge in [-0.3, -0.25) is 0 Å². The van der Waals surface area contributed by atoms with Crippen LogP contribution in [0, 0.1) is 29.6 Å². The number of carbonyl (C=O) groups excluding carboxylic acids is 1. The Kier molecular flexibility index (Phi) is 5.33. The Bertz CT molecular complexity index is 853. The van der Waals surface area contributed by atoms with Gasteiger partial charge in [-0.1, -0.05) is 23.8 Å². The summed E-state index contributed by atoms with van der Waals surface area (Å²) < 4.78 is 10.6. The number of benzene rings is 2. The molecule has 0 bridgehead atoms. The van der Waals surface area contributed by atoms with Crippen molar-refractivity contribution in [2.75, 3.05) is 7.11 Å². The maximum Gasteiger partial charge on any atom is 0.343 e. The highest BCUT2D eigenvalue weighted by molar-refractivity contribution is 5.91. The van der Waals surface area contributed by atoms with Crippen molar-refractivity contribution in [3.8, 4) is 23.6 Å². The number of carbonyl (C=O) groups is 1. The summed E-state index contributed by atoms with van der Waals surface area (Å²) in [4.78, 5) is 12.2. The Labute approximate surface area is 140 Å². The van der Waals surface area contributed by atoms with Gasteiger partial charge in [-0.2, -0.15) is 10.5 Å². The SMILES string of the molecule is COc1cc(C=C(C#N)C#N)ccc1OC(=O)c1ccc(C)cc1. The monoisotopic (exact) mass is 318 g/mol. The van der Waals surface area contributed by atoms with Crippen LogP contribution in [0.2, 0.25) is 0 Å². The smallest absolute Gasteiger partial charge is 0.343 e. The van der Waals surface area contributed by atoms with Gasteiger partial charge >= 0.3 is 5.97 Å². The van der Waals surface area contributed by atoms with Crippen LogP contribution in [0.25, 0.3) is 6.08 Å². The molecule has 0 aliphatic heterocycles. The normalized spacial score (nSPS) is 9.33. The van der Waals surface area contributed by atoms with E-state index in [1.807, 2.05) is 19.1 Å². The molecule has 0 heterocycles. The molecule has 5 nitrogen and oxygen atoms in total. The Morgan fingerprint density at radius 3 is 2.29 bits per heavy atom. The van der Waals surface area contributed by atoms with Crippen molar-refractivity contribution in [2.45, 2.75) is 6.92 Å². The fourth-order valence-corrected chi connectivity index (χ4v) is 1.96. The van der Waals surface area contributed by atoms with E-state index in [1.54, 1.807) is 42.5 Å². The van der Waals surface area contributed by atoms with Crippen molar-refractivity contribution in [3.05, 3.63) is 64.7 Å². The van der Waals surface area contributed by atoms with Crippen LogP contribution in [-0.4, -0.2) is 13.1 Å². The number of ether oxygens (including phenoxy) is 2. The second-order valence-corrected chi connectivity index (χ2v) is 4.95. The predicted molar refractivity (Wildman–Crippen MR) is 88.3 cm³/mol. The summed E-state index contributed by atoms with van der Waals surface area (Å²) >= 11 is 0. The predicted octanol–water partition coefficient (Wildman–Crippen LogP) is 3.65. The Hall–Kier alpha value is -3.57. The van der Waals surface area contributed by atoms with Crippen molar-refractivity contribution in [1.29, 1.82) is 10.5 Å². The highest BCUT2D eigenvalue weighted by Crippen LogP contribution is 2.29. The van der Waals surface area contributed by atoms with Gasteiger partial charge in [0, 0.05) is 0 Å². The van der Waals surface area contributed by atoms with Crippen molar-refractivity contribution in [1.82, 2.24) is 0 Å². The molecule has 24 heavy (non-hydrogen) atoms. The van der Waals surface area contributed by atoms with Crippen molar-refractivity contribution in [3.63, 3.8) is 0 Å². The fraction of sp³-hybridized carbons (Fsp3) is 0.105. The zero-order valence-corrected chi connectivity index (χ0v) is 13.2. The summed E-state index contributed by atoms with van der Waals surface area (Å²) in [5, 5.41) is 17.6. The van der Waals surface area contributed by atoms with Crippen LogP contribution in [0.15, 0.2) is 48.0 Å². The first-order valence-electron chi connectivity index (χ1n) is 7.06. The largest absolute Gasteiger partial charge is 0.493 e. The second kappa shape index (κ2) is 7.62. The topological polar surface area (TPSA) is 83.1 Å². The van der Waals surface area contributed by atoms with E-state index in [2.05, 4.69) is 0 Å². The van der Waals surface area contributed by atoms with Crippen LogP contribution >= 0.6 is 0 Å². The third-order valence-electron chi connectivity index (χ3n) is 3.23. The second-order valence-electron chi connectivity index (χ2n) is 4.95. The molecule has 118 valence electrons. The lowest BCUT2D eigenvalue weighted by Crippen LogP contribution is -2.09. The van der Waals surface area contributed by atoms with Crippen LogP contribution in [0.3, 0.4) is 0 Å². The highest BCUT2D eigenvalue weighted by atomic mass is 16.6. The third-order valence-corrected chi connectivity index (χ3v) is 3.23. The molecule has 5 heteroatoms. The lowest BCUT2D eigenvalue weighted by Gasteiger charge is -2.10. The summed E-state index contributed by atoms with van der Waals surface area (Å²) in [6.07, 6.45) is 1.42. The summed E-state index contributed by atoms with van der Waals surface area (Å²) in [6, 6.07) is 15.4. The highest BCUT2D eigenvalue weighted by Gasteiger charge is 2.12. The summed E-state index contributed by atoms with van der Waals surface area (Å²) in [5.41, 5.74) is 2.05. The minimum atomic E-state index is -0.494. The van der Waals surface area contributed by atoms with Gasteiger partial charge in [0.15, 0.2) is 11.5 Å². The molecule has 2 aromatic rings. The molecule has 0 unspecified atom stereocenters. The number of rotatable bonds is 4. The number of allylic oxidation sites excluding steroid dienone is 1. The number of nitriles is 2. The standard InChI is InChI=1S/C19H14N2O3/c1-13-3-6-16(7-4-13)19(22)24-17-8-5-14(10-18(17)23-2)9-15(11-20)12-21/h3-10H,1-2H3. The molecule has 0 saturated carbocycles. The van der Waals surface area contributed by atoms with Gasteiger partial charge in [0.05, 0.1) is 12.7 Å². The summed E-state index contributed by atoms with van der Waals surface area (Å²) in [5.74, 6) is 0.0986. The van der Waals surface area contributed by atoms with E-state index in [-0.39, 0.29) is 11.3 Å². The molecule has 0 N–H and O–H groups in total. The van der Waals surface area contributed by atoms with Crippen LogP contribution in [-0.2, 0) is 0 Å². The maximum absolute atomic E-state index is 12.2. The van der Waals surface area contributed by atoms with Crippen molar-refractivity contribution < 1.29 is 14.3 Å². The minimum Gasteiger partial charge on any atom is -0.493 e. The molecular weight excluding hydrogens is 304 g/mol. The maximum atomic E-state index is 12.2. The van der Waals surface area contributed by atoms with Crippen LogP contribution in [0.5, 0.6) is 11.5 Å². The van der Waals surface area contributed by atoms with E-state index in [0.29, 0.717) is 16.9 Å². The van der Waals surface area contributed by atoms with Gasteiger partial charge in [-0.05, 0) is 42.8 Å². The van der Waals surface area contributed by atoms with Crippen LogP contribution in [0.4, 0.5) is 0 Å². The lowest BCUT2D eigenvalue weighted by molar-refractivity contribution is 0.0729. The van der Waals surface area contributed by atoms with E-state index < -0.39 is 5.97 Å². The Balaban J connectivity index is 2.27. The first-order chi connectivity index (χ1) is 11.6. The van der Waals surface area contributed by atoms with Crippen molar-refractivity contribution in [2.24, 2.45) is 0 Å². The average molecular weight is 318 g/mol. The molecule has 0 saturated heterocycles. The molecule has 0 radical (unpaired) electrons. The van der Waals surface area contributed by atoms with E-state index in [0.717, 1.165) is 5.56 Å². The Morgan fingerprint density at radius 2 is 1.71 bits per heavy atom. The van der Waals surface area contributed by atoms with Gasteiger partial charge < -0.3 is 9.47 Å². The number of aryl methyl sites for hydroxylation is 1. The first kappa shape index (κ1) is 16.8. The number of esters is 1. The first-order valence-corrected chi connectivity index (χ1v) is 7.06. The summed E-state index contributed by atoms with van der Waals surface area (Å²) in [7, 11) is 1.45. The fourth-order valence-electron chi connectivity index (χ4n) is 1.96. The molecule has 2 aromatic carbocycles. The van der Waals surface area contributed by atoms with E-state index in [1.165, 1.54) is 13.2 Å². The molecule has 0 fully saturated rings. The molecule has 0 amide bonds. The van der Waals surface area contributed by atoms with E-state index in [4.69, 9.17) is 20.0 Å². The molecule has 0 aliphatic rings. The van der Waals surface area contributed by atoms with Crippen molar-refractivity contribution >= 4 is 12.0 Å².